The molecule has 0 radical (unpaired) electrons. The first-order chi connectivity index (χ1) is 15.4. The molecule has 3 rings (SSSR count). The second kappa shape index (κ2) is 9.05. The monoisotopic (exact) mass is 451 g/mol. The topological polar surface area (TPSA) is 102 Å². The van der Waals surface area contributed by atoms with Crippen molar-refractivity contribution in [1.82, 2.24) is 9.55 Å². The zero-order valence-electron chi connectivity index (χ0n) is 19.8. The summed E-state index contributed by atoms with van der Waals surface area (Å²) in [7, 11) is 1.81. The van der Waals surface area contributed by atoms with E-state index in [0.29, 0.717) is 29.0 Å². The number of carbonyl (C=O) groups excluding carboxylic acids is 1. The first kappa shape index (κ1) is 24.0. The van der Waals surface area contributed by atoms with Crippen molar-refractivity contribution in [3.63, 3.8) is 0 Å². The Labute approximate surface area is 192 Å². The van der Waals surface area contributed by atoms with E-state index >= 15 is 0 Å². The third kappa shape index (κ3) is 5.05. The van der Waals surface area contributed by atoms with Crippen molar-refractivity contribution in [3.05, 3.63) is 69.3 Å². The average molecular weight is 452 g/mol. The highest BCUT2D eigenvalue weighted by Gasteiger charge is 2.23. The summed E-state index contributed by atoms with van der Waals surface area (Å²) in [4.78, 5) is 43.3. The molecule has 0 aliphatic carbocycles. The fourth-order valence-corrected chi connectivity index (χ4v) is 3.52. The fourth-order valence-electron chi connectivity index (χ4n) is 3.52. The summed E-state index contributed by atoms with van der Waals surface area (Å²) in [5.41, 5.74) is 2.18. The van der Waals surface area contributed by atoms with E-state index in [0.717, 1.165) is 11.1 Å². The third-order valence-corrected chi connectivity index (χ3v) is 5.49. The highest BCUT2D eigenvalue weighted by Crippen LogP contribution is 2.24. The van der Waals surface area contributed by atoms with Gasteiger partial charge in [0.2, 0.25) is 0 Å². The van der Waals surface area contributed by atoms with Gasteiger partial charge in [-0.05, 0) is 70.0 Å². The van der Waals surface area contributed by atoms with Crippen LogP contribution in [-0.4, -0.2) is 33.6 Å². The van der Waals surface area contributed by atoms with Gasteiger partial charge in [0, 0.05) is 13.6 Å². The molecule has 3 aromatic rings. The second-order valence-electron chi connectivity index (χ2n) is 9.18. The molecule has 0 atom stereocenters. The van der Waals surface area contributed by atoms with E-state index < -0.39 is 17.4 Å². The number of aromatic carboxylic acids is 1. The Morgan fingerprint density at radius 3 is 2.45 bits per heavy atom. The van der Waals surface area contributed by atoms with Gasteiger partial charge in [-0.1, -0.05) is 12.1 Å². The van der Waals surface area contributed by atoms with Gasteiger partial charge in [-0.2, -0.15) is 0 Å². The van der Waals surface area contributed by atoms with Gasteiger partial charge < -0.3 is 14.7 Å². The predicted molar refractivity (Wildman–Crippen MR) is 127 cm³/mol. The first-order valence-corrected chi connectivity index (χ1v) is 10.6. The third-order valence-electron chi connectivity index (χ3n) is 5.49. The number of carboxylic acids is 1. The van der Waals surface area contributed by atoms with E-state index in [9.17, 15) is 19.5 Å². The van der Waals surface area contributed by atoms with Crippen LogP contribution in [0.15, 0.2) is 41.2 Å². The summed E-state index contributed by atoms with van der Waals surface area (Å²) >= 11 is 0. The molecular weight excluding hydrogens is 422 g/mol. The zero-order chi connectivity index (χ0) is 24.5. The van der Waals surface area contributed by atoms with Crippen molar-refractivity contribution in [1.29, 1.82) is 0 Å². The quantitative estimate of drug-likeness (QED) is 0.567. The van der Waals surface area contributed by atoms with Gasteiger partial charge in [0.25, 0.3) is 5.56 Å². The predicted octanol–water partition coefficient (Wildman–Crippen LogP) is 3.89. The number of carboxylic acid groups (broad SMARTS) is 1. The van der Waals surface area contributed by atoms with Crippen LogP contribution in [0.1, 0.15) is 48.1 Å². The summed E-state index contributed by atoms with van der Waals surface area (Å²) < 4.78 is 6.68. The lowest BCUT2D eigenvalue weighted by molar-refractivity contribution is -0.157. The highest BCUT2D eigenvalue weighted by atomic mass is 16.5. The molecule has 0 saturated carbocycles. The molecular formula is C25H29N3O5. The van der Waals surface area contributed by atoms with Crippen LogP contribution < -0.4 is 10.5 Å². The maximum absolute atomic E-state index is 13.2. The highest BCUT2D eigenvalue weighted by molar-refractivity contribution is 5.94. The van der Waals surface area contributed by atoms with Crippen LogP contribution in [0, 0.1) is 19.3 Å². The second-order valence-corrected chi connectivity index (χ2v) is 9.18. The molecule has 0 aliphatic rings. The number of fused-ring (bicyclic) bond motifs is 1. The lowest BCUT2D eigenvalue weighted by Crippen LogP contribution is -2.30. The van der Waals surface area contributed by atoms with Crippen molar-refractivity contribution in [2.45, 2.75) is 47.9 Å². The summed E-state index contributed by atoms with van der Waals surface area (Å²) in [5, 5.41) is 9.90. The Morgan fingerprint density at radius 2 is 1.82 bits per heavy atom. The molecule has 1 N–H and O–H groups in total. The molecule has 0 aliphatic heterocycles. The Kier molecular flexibility index (Phi) is 6.58. The first-order valence-electron chi connectivity index (χ1n) is 10.6. The van der Waals surface area contributed by atoms with E-state index in [2.05, 4.69) is 4.98 Å². The molecule has 2 aromatic carbocycles. The summed E-state index contributed by atoms with van der Waals surface area (Å²) in [6.45, 7) is 9.06. The Hall–Kier alpha value is -3.68. The lowest BCUT2D eigenvalue weighted by Gasteiger charge is -2.23. The van der Waals surface area contributed by atoms with Crippen molar-refractivity contribution in [2.75, 3.05) is 11.9 Å². The molecule has 0 fully saturated rings. The number of esters is 1. The minimum absolute atomic E-state index is 0.207. The number of hydrogen-bond donors (Lipinski definition) is 1. The minimum atomic E-state index is -1.000. The van der Waals surface area contributed by atoms with Gasteiger partial charge >= 0.3 is 11.9 Å². The molecule has 33 heavy (non-hydrogen) atoms. The van der Waals surface area contributed by atoms with E-state index in [1.807, 2.05) is 24.9 Å². The van der Waals surface area contributed by atoms with Crippen molar-refractivity contribution >= 4 is 28.5 Å². The molecule has 174 valence electrons. The molecule has 0 unspecified atom stereocenters. The van der Waals surface area contributed by atoms with Crippen LogP contribution >= 0.6 is 0 Å². The number of nitrogens with zero attached hydrogens (tertiary/aromatic N) is 3. The maximum Gasteiger partial charge on any atom is 0.337 e. The zero-order valence-corrected chi connectivity index (χ0v) is 19.8. The van der Waals surface area contributed by atoms with E-state index in [4.69, 9.17) is 4.74 Å². The summed E-state index contributed by atoms with van der Waals surface area (Å²) in [5.74, 6) is -0.953. The number of hydrogen-bond acceptors (Lipinski definition) is 6. The molecule has 1 aromatic heterocycles. The molecule has 0 spiro atoms. The smallest absolute Gasteiger partial charge is 0.337 e. The number of para-hydroxylation sites is 1. The van der Waals surface area contributed by atoms with Crippen LogP contribution in [0.2, 0.25) is 0 Å². The normalized spacial score (nSPS) is 11.5. The number of carbonyl (C=O) groups is 2. The van der Waals surface area contributed by atoms with Crippen LogP contribution in [-0.2, 0) is 22.8 Å². The standard InChI is InChI=1S/C25H29N3O5/c1-15-11-20-19(22(29)28(16(2)26-20)14-33-24(32)25(3,4)5)12-17(15)13-27(6)21-10-8-7-9-18(21)23(30)31/h7-12H,13-14H2,1-6H3,(H,30,31). The van der Waals surface area contributed by atoms with Crippen molar-refractivity contribution in [2.24, 2.45) is 5.41 Å². The van der Waals surface area contributed by atoms with Gasteiger partial charge in [0.15, 0.2) is 6.73 Å². The molecule has 8 nitrogen and oxygen atoms in total. The number of rotatable bonds is 6. The van der Waals surface area contributed by atoms with Gasteiger partial charge in [-0.15, -0.1) is 0 Å². The van der Waals surface area contributed by atoms with E-state index in [-0.39, 0.29) is 17.9 Å². The number of aromatic nitrogens is 2. The largest absolute Gasteiger partial charge is 0.478 e. The van der Waals surface area contributed by atoms with Gasteiger partial charge in [-0.25, -0.2) is 9.78 Å². The summed E-state index contributed by atoms with van der Waals surface area (Å²) in [6.07, 6.45) is 0. The Balaban J connectivity index is 1.98. The van der Waals surface area contributed by atoms with Crippen molar-refractivity contribution < 1.29 is 19.4 Å². The van der Waals surface area contributed by atoms with E-state index in [1.54, 1.807) is 58.0 Å². The van der Waals surface area contributed by atoms with Gasteiger partial charge in [0.1, 0.15) is 5.82 Å². The Bertz CT molecular complexity index is 1290. The lowest BCUT2D eigenvalue weighted by atomic mass is 9.98. The van der Waals surface area contributed by atoms with Crippen LogP contribution in [0.5, 0.6) is 0 Å². The van der Waals surface area contributed by atoms with Crippen LogP contribution in [0.25, 0.3) is 10.9 Å². The number of aryl methyl sites for hydroxylation is 2. The number of anilines is 1. The maximum atomic E-state index is 13.2. The SMILES string of the molecule is Cc1cc2nc(C)n(COC(=O)C(C)(C)C)c(=O)c2cc1CN(C)c1ccccc1C(=O)O. The number of benzene rings is 2. The summed E-state index contributed by atoms with van der Waals surface area (Å²) in [6, 6.07) is 10.4. The van der Waals surface area contributed by atoms with Gasteiger partial charge in [0.05, 0.1) is 27.6 Å². The van der Waals surface area contributed by atoms with Gasteiger partial charge in [-0.3, -0.25) is 14.2 Å². The molecule has 0 bridgehead atoms. The molecule has 0 saturated heterocycles. The number of ether oxygens (including phenoxy) is 1. The minimum Gasteiger partial charge on any atom is -0.478 e. The van der Waals surface area contributed by atoms with Crippen molar-refractivity contribution in [3.8, 4) is 0 Å². The fraction of sp³-hybridized carbons (Fsp3) is 0.360. The van der Waals surface area contributed by atoms with Crippen LogP contribution in [0.3, 0.4) is 0 Å². The van der Waals surface area contributed by atoms with E-state index in [1.165, 1.54) is 4.57 Å². The Morgan fingerprint density at radius 1 is 1.15 bits per heavy atom. The van der Waals surface area contributed by atoms with Crippen LogP contribution in [0.4, 0.5) is 5.69 Å². The molecule has 1 heterocycles. The molecule has 0 amide bonds. The molecule has 8 heteroatoms. The average Bonchev–Trinajstić information content (AvgIpc) is 2.73.